The van der Waals surface area contributed by atoms with Crippen molar-refractivity contribution in [1.82, 2.24) is 0 Å². The number of carbonyl (C=O) groups excluding carboxylic acids is 3. The minimum absolute atomic E-state index is 0.0985. The van der Waals surface area contributed by atoms with E-state index in [0.29, 0.717) is 17.3 Å². The van der Waals surface area contributed by atoms with Gasteiger partial charge in [-0.15, -0.1) is 0 Å². The third-order valence-corrected chi connectivity index (χ3v) is 4.73. The first-order chi connectivity index (χ1) is 14.2. The summed E-state index contributed by atoms with van der Waals surface area (Å²) in [4.78, 5) is 38.7. The molecule has 0 aromatic heterocycles. The van der Waals surface area contributed by atoms with Crippen LogP contribution < -0.4 is 9.64 Å². The molecule has 1 heterocycles. The Hall–Kier alpha value is -3.65. The van der Waals surface area contributed by atoms with Gasteiger partial charge in [0.05, 0.1) is 13.7 Å². The average Bonchev–Trinajstić information content (AvgIpc) is 2.95. The Morgan fingerprint density at radius 2 is 1.67 bits per heavy atom. The second-order valence-corrected chi connectivity index (χ2v) is 6.65. The van der Waals surface area contributed by atoms with E-state index in [9.17, 15) is 24.6 Å². The number of methoxy groups -OCH3 is 1. The molecule has 1 fully saturated rings. The Morgan fingerprint density at radius 1 is 1.07 bits per heavy atom. The summed E-state index contributed by atoms with van der Waals surface area (Å²) in [5.41, 5.74) is -2.53. The Morgan fingerprint density at radius 3 is 2.20 bits per heavy atom. The van der Waals surface area contributed by atoms with Crippen molar-refractivity contribution in [3.05, 3.63) is 65.2 Å². The maximum absolute atomic E-state index is 12.8. The average molecular weight is 411 g/mol. The van der Waals surface area contributed by atoms with Crippen LogP contribution in [0.4, 0.5) is 5.69 Å². The van der Waals surface area contributed by atoms with Gasteiger partial charge in [-0.2, -0.15) is 0 Å². The Bertz CT molecular complexity index is 1020. The number of aryl methyl sites for hydroxylation is 1. The first-order valence-electron chi connectivity index (χ1n) is 9.19. The van der Waals surface area contributed by atoms with Gasteiger partial charge in [0, 0.05) is 11.3 Å². The number of benzene rings is 2. The lowest BCUT2D eigenvalue weighted by Crippen LogP contribution is -2.54. The normalized spacial score (nSPS) is 20.3. The second-order valence-electron chi connectivity index (χ2n) is 6.65. The molecule has 8 nitrogen and oxygen atoms in total. The van der Waals surface area contributed by atoms with E-state index >= 15 is 0 Å². The minimum Gasteiger partial charge on any atom is -0.507 e. The van der Waals surface area contributed by atoms with E-state index in [2.05, 4.69) is 4.74 Å². The molecule has 1 unspecified atom stereocenters. The number of ketones is 1. The first kappa shape index (κ1) is 21.1. The highest BCUT2D eigenvalue weighted by molar-refractivity contribution is 6.54. The van der Waals surface area contributed by atoms with Gasteiger partial charge in [0.15, 0.2) is 0 Å². The minimum atomic E-state index is -2.83. The van der Waals surface area contributed by atoms with Crippen LogP contribution in [-0.4, -0.2) is 47.3 Å². The van der Waals surface area contributed by atoms with E-state index in [1.807, 2.05) is 13.8 Å². The number of ether oxygens (including phenoxy) is 2. The highest BCUT2D eigenvalue weighted by atomic mass is 16.5. The standard InChI is InChI=1S/C22H21NO7/c1-4-30-16-11-7-14(8-12-16)18(24)17-19(25)20(26)23(22(17,28)21(27)29-3)15-9-5-13(2)6-10-15/h5-12,24,28H,4H2,1-3H3/b18-17+. The van der Waals surface area contributed by atoms with Crippen LogP contribution in [0.15, 0.2) is 54.1 Å². The van der Waals surface area contributed by atoms with Gasteiger partial charge >= 0.3 is 11.9 Å². The zero-order valence-corrected chi connectivity index (χ0v) is 16.7. The van der Waals surface area contributed by atoms with Crippen molar-refractivity contribution in [3.8, 4) is 5.75 Å². The summed E-state index contributed by atoms with van der Waals surface area (Å²) in [6, 6.07) is 12.2. The molecule has 2 aromatic rings. The van der Waals surface area contributed by atoms with E-state index in [1.165, 1.54) is 24.3 Å². The first-order valence-corrected chi connectivity index (χ1v) is 9.19. The molecule has 2 aromatic carbocycles. The molecule has 8 heteroatoms. The molecule has 0 saturated carbocycles. The molecule has 30 heavy (non-hydrogen) atoms. The molecule has 1 atom stereocenters. The molecule has 156 valence electrons. The maximum atomic E-state index is 12.8. The van der Waals surface area contributed by atoms with Crippen molar-refractivity contribution in [1.29, 1.82) is 0 Å². The maximum Gasteiger partial charge on any atom is 0.365 e. The van der Waals surface area contributed by atoms with Crippen molar-refractivity contribution in [2.45, 2.75) is 19.6 Å². The van der Waals surface area contributed by atoms with Gasteiger partial charge in [0.1, 0.15) is 17.1 Å². The lowest BCUT2D eigenvalue weighted by molar-refractivity contribution is -0.158. The smallest absolute Gasteiger partial charge is 0.365 e. The van der Waals surface area contributed by atoms with Crippen molar-refractivity contribution in [2.75, 3.05) is 18.6 Å². The fourth-order valence-corrected chi connectivity index (χ4v) is 3.25. The van der Waals surface area contributed by atoms with Gasteiger partial charge < -0.3 is 19.7 Å². The predicted molar refractivity (Wildman–Crippen MR) is 108 cm³/mol. The number of hydrogen-bond donors (Lipinski definition) is 2. The van der Waals surface area contributed by atoms with E-state index in [-0.39, 0.29) is 11.3 Å². The van der Waals surface area contributed by atoms with Gasteiger partial charge in [-0.25, -0.2) is 4.79 Å². The Balaban J connectivity index is 2.20. The largest absolute Gasteiger partial charge is 0.507 e. The van der Waals surface area contributed by atoms with Crippen LogP contribution in [0.25, 0.3) is 5.76 Å². The van der Waals surface area contributed by atoms with Crippen molar-refractivity contribution in [2.24, 2.45) is 0 Å². The van der Waals surface area contributed by atoms with Gasteiger partial charge in [0.2, 0.25) is 0 Å². The number of hydrogen-bond acceptors (Lipinski definition) is 7. The van der Waals surface area contributed by atoms with E-state index in [0.717, 1.165) is 12.7 Å². The SMILES string of the molecule is CCOc1ccc(/C(O)=C2/C(=O)C(=O)N(c3ccc(C)cc3)C2(O)C(=O)OC)cc1. The summed E-state index contributed by atoms with van der Waals surface area (Å²) in [6.45, 7) is 4.07. The number of carbonyl (C=O) groups is 3. The summed E-state index contributed by atoms with van der Waals surface area (Å²) >= 11 is 0. The molecule has 0 spiro atoms. The van der Waals surface area contributed by atoms with Crippen LogP contribution in [0.1, 0.15) is 18.1 Å². The zero-order chi connectivity index (χ0) is 22.1. The number of anilines is 1. The van der Waals surface area contributed by atoms with Crippen LogP contribution in [0.2, 0.25) is 0 Å². The number of aliphatic hydroxyl groups is 2. The van der Waals surface area contributed by atoms with Gasteiger partial charge in [-0.1, -0.05) is 17.7 Å². The fraction of sp³-hybridized carbons (Fsp3) is 0.227. The molecule has 3 rings (SSSR count). The summed E-state index contributed by atoms with van der Waals surface area (Å²) in [6.07, 6.45) is 0. The quantitative estimate of drug-likeness (QED) is 0.335. The molecule has 0 radical (unpaired) electrons. The topological polar surface area (TPSA) is 113 Å². The zero-order valence-electron chi connectivity index (χ0n) is 16.7. The number of aliphatic hydroxyl groups excluding tert-OH is 1. The number of nitrogens with zero attached hydrogens (tertiary/aromatic N) is 1. The molecule has 1 saturated heterocycles. The summed E-state index contributed by atoms with van der Waals surface area (Å²) in [5.74, 6) is -3.85. The van der Waals surface area contributed by atoms with Gasteiger partial charge in [0.25, 0.3) is 11.5 Å². The van der Waals surface area contributed by atoms with Crippen LogP contribution >= 0.6 is 0 Å². The molecule has 1 aliphatic rings. The van der Waals surface area contributed by atoms with Crippen LogP contribution in [0.3, 0.4) is 0 Å². The van der Waals surface area contributed by atoms with Crippen LogP contribution in [0, 0.1) is 6.92 Å². The molecule has 1 aliphatic heterocycles. The fourth-order valence-electron chi connectivity index (χ4n) is 3.25. The molecule has 1 amide bonds. The number of Topliss-reactive ketones (excluding diaryl/α,β-unsaturated/α-hetero) is 1. The summed E-state index contributed by atoms with van der Waals surface area (Å²) < 4.78 is 10.0. The number of rotatable bonds is 5. The highest BCUT2D eigenvalue weighted by Gasteiger charge is 2.62. The van der Waals surface area contributed by atoms with Gasteiger partial charge in [-0.05, 0) is 50.2 Å². The molecule has 2 N–H and O–H groups in total. The Labute approximate surface area is 173 Å². The molecular formula is C22H21NO7. The third kappa shape index (κ3) is 3.31. The summed E-state index contributed by atoms with van der Waals surface area (Å²) in [5, 5.41) is 22.1. The number of amides is 1. The molecule has 0 bridgehead atoms. The van der Waals surface area contributed by atoms with Crippen molar-refractivity contribution >= 4 is 29.1 Å². The summed E-state index contributed by atoms with van der Waals surface area (Å²) in [7, 11) is 1.01. The van der Waals surface area contributed by atoms with Crippen LogP contribution in [-0.2, 0) is 19.1 Å². The van der Waals surface area contributed by atoms with Crippen molar-refractivity contribution in [3.63, 3.8) is 0 Å². The van der Waals surface area contributed by atoms with E-state index in [4.69, 9.17) is 4.74 Å². The molecular weight excluding hydrogens is 390 g/mol. The Kier molecular flexibility index (Phi) is 5.62. The van der Waals surface area contributed by atoms with E-state index in [1.54, 1.807) is 24.3 Å². The lowest BCUT2D eigenvalue weighted by atomic mass is 9.97. The third-order valence-electron chi connectivity index (χ3n) is 4.73. The lowest BCUT2D eigenvalue weighted by Gasteiger charge is -2.31. The highest BCUT2D eigenvalue weighted by Crippen LogP contribution is 2.40. The van der Waals surface area contributed by atoms with Crippen LogP contribution in [0.5, 0.6) is 5.75 Å². The molecule has 0 aliphatic carbocycles. The van der Waals surface area contributed by atoms with Gasteiger partial charge in [-0.3, -0.25) is 14.5 Å². The van der Waals surface area contributed by atoms with Crippen molar-refractivity contribution < 1.29 is 34.1 Å². The second kappa shape index (κ2) is 8.00. The van der Waals surface area contributed by atoms with E-state index < -0.39 is 34.7 Å². The monoisotopic (exact) mass is 411 g/mol. The number of esters is 1. The predicted octanol–water partition coefficient (Wildman–Crippen LogP) is 2.14.